The molecule has 0 radical (unpaired) electrons. The number of aromatic nitrogens is 2. The molecule has 2 aromatic carbocycles. The molecule has 0 saturated carbocycles. The second kappa shape index (κ2) is 19.9. The van der Waals surface area contributed by atoms with Crippen LogP contribution >= 0.6 is 0 Å². The van der Waals surface area contributed by atoms with Crippen LogP contribution in [-0.2, 0) is 6.42 Å². The van der Waals surface area contributed by atoms with Gasteiger partial charge in [0.05, 0.1) is 12.2 Å². The number of carbonyl (C=O) groups excluding carboxylic acids is 1. The molecule has 3 aromatic rings. The monoisotopic (exact) mass is 594 g/mol. The van der Waals surface area contributed by atoms with E-state index < -0.39 is 5.97 Å². The minimum atomic E-state index is -0.625. The molecule has 0 aliphatic rings. The summed E-state index contributed by atoms with van der Waals surface area (Å²) in [6, 6.07) is 14.0. The van der Waals surface area contributed by atoms with Gasteiger partial charge in [0.25, 0.3) is 0 Å². The summed E-state index contributed by atoms with van der Waals surface area (Å²) < 4.78 is 11.4. The fraction of sp³-hybridized carbons (Fsp3) is 0.486. The first-order chi connectivity index (χ1) is 21.6. The summed E-state index contributed by atoms with van der Waals surface area (Å²) >= 11 is 0. The molecule has 3 rings (SSSR count). The van der Waals surface area contributed by atoms with Crippen LogP contribution in [0.5, 0.6) is 11.5 Å². The highest BCUT2D eigenvalue weighted by Gasteiger charge is 2.19. The molecule has 7 heteroatoms. The molecule has 0 N–H and O–H groups in total. The molecule has 0 spiro atoms. The summed E-state index contributed by atoms with van der Waals surface area (Å²) in [5.74, 6) is 0.319. The predicted molar refractivity (Wildman–Crippen MR) is 173 cm³/mol. The molecule has 44 heavy (non-hydrogen) atoms. The maximum Gasteiger partial charge on any atom is 0.343 e. The lowest BCUT2D eigenvalue weighted by molar-refractivity contribution is 0.0734. The predicted octanol–water partition coefficient (Wildman–Crippen LogP) is 9.53. The maximum absolute atomic E-state index is 12.9. The van der Waals surface area contributed by atoms with Crippen LogP contribution in [0.3, 0.4) is 0 Å². The number of esters is 1. The normalized spacial score (nSPS) is 10.6. The Morgan fingerprint density at radius 2 is 1.20 bits per heavy atom. The lowest BCUT2D eigenvalue weighted by Gasteiger charge is -2.12. The SMILES string of the molecule is CCCCCCCCCOc1ccc(OC(=O)c2ccc(-c3ncc(CCCCCCCCC)cn3)cc2)c(C#N)c1C#N. The van der Waals surface area contributed by atoms with Gasteiger partial charge in [-0.05, 0) is 49.1 Å². The summed E-state index contributed by atoms with van der Waals surface area (Å²) in [7, 11) is 0. The smallest absolute Gasteiger partial charge is 0.343 e. The first-order valence-electron chi connectivity index (χ1n) is 16.3. The van der Waals surface area contributed by atoms with Gasteiger partial charge in [-0.2, -0.15) is 10.5 Å². The van der Waals surface area contributed by atoms with Crippen LogP contribution in [0.15, 0.2) is 48.8 Å². The highest BCUT2D eigenvalue weighted by Crippen LogP contribution is 2.30. The fourth-order valence-corrected chi connectivity index (χ4v) is 5.07. The quantitative estimate of drug-likeness (QED) is 0.0728. The lowest BCUT2D eigenvalue weighted by atomic mass is 10.1. The van der Waals surface area contributed by atoms with Crippen molar-refractivity contribution in [1.29, 1.82) is 10.5 Å². The minimum Gasteiger partial charge on any atom is -0.492 e. The van der Waals surface area contributed by atoms with Crippen LogP contribution in [0, 0.1) is 22.7 Å². The third-order valence-electron chi connectivity index (χ3n) is 7.71. The molecule has 0 aliphatic heterocycles. The second-order valence-corrected chi connectivity index (χ2v) is 11.3. The van der Waals surface area contributed by atoms with Gasteiger partial charge in [-0.15, -0.1) is 0 Å². The molecule has 0 unspecified atom stereocenters. The number of unbranched alkanes of at least 4 members (excludes halogenated alkanes) is 12. The summed E-state index contributed by atoms with van der Waals surface area (Å²) in [4.78, 5) is 22.0. The zero-order chi connectivity index (χ0) is 31.4. The minimum absolute atomic E-state index is 0.0143. The number of hydrogen-bond acceptors (Lipinski definition) is 7. The summed E-state index contributed by atoms with van der Waals surface area (Å²) in [5.41, 5.74) is 2.28. The van der Waals surface area contributed by atoms with Crippen LogP contribution in [0.1, 0.15) is 131 Å². The van der Waals surface area contributed by atoms with E-state index in [1.54, 1.807) is 30.3 Å². The zero-order valence-electron chi connectivity index (χ0n) is 26.4. The topological polar surface area (TPSA) is 109 Å². The van der Waals surface area contributed by atoms with Gasteiger partial charge >= 0.3 is 5.97 Å². The summed E-state index contributed by atoms with van der Waals surface area (Å²) in [6.45, 7) is 4.90. The lowest BCUT2D eigenvalue weighted by Crippen LogP contribution is -2.10. The number of aryl methyl sites for hydroxylation is 1. The Morgan fingerprint density at radius 1 is 0.682 bits per heavy atom. The number of hydrogen-bond donors (Lipinski definition) is 0. The Morgan fingerprint density at radius 3 is 1.80 bits per heavy atom. The van der Waals surface area contributed by atoms with Crippen molar-refractivity contribution < 1.29 is 14.3 Å². The molecular weight excluding hydrogens is 548 g/mol. The largest absolute Gasteiger partial charge is 0.492 e. The Kier molecular flexibility index (Phi) is 15.5. The van der Waals surface area contributed by atoms with Gasteiger partial charge in [0, 0.05) is 18.0 Å². The Hall–Kier alpha value is -4.23. The second-order valence-electron chi connectivity index (χ2n) is 11.3. The van der Waals surface area contributed by atoms with E-state index in [1.807, 2.05) is 24.5 Å². The van der Waals surface area contributed by atoms with Gasteiger partial charge in [0.15, 0.2) is 11.6 Å². The van der Waals surface area contributed by atoms with Crippen LogP contribution in [-0.4, -0.2) is 22.5 Å². The molecule has 232 valence electrons. The van der Waals surface area contributed by atoms with Crippen molar-refractivity contribution in [2.24, 2.45) is 0 Å². The number of benzene rings is 2. The molecule has 0 atom stereocenters. The molecule has 0 aliphatic carbocycles. The van der Waals surface area contributed by atoms with Crippen molar-refractivity contribution >= 4 is 5.97 Å². The molecule has 0 saturated heterocycles. The maximum atomic E-state index is 12.9. The molecule has 1 heterocycles. The van der Waals surface area contributed by atoms with Gasteiger partial charge < -0.3 is 9.47 Å². The van der Waals surface area contributed by atoms with E-state index in [2.05, 4.69) is 23.8 Å². The standard InChI is InChI=1S/C37H46N4O3/c1-3-5-7-9-11-13-15-17-29-27-40-36(41-28-29)30-18-20-31(21-19-30)37(42)44-35-23-22-34(32(25-38)33(35)26-39)43-24-16-14-12-10-8-6-4-2/h18-23,27-28H,3-17,24H2,1-2H3. The first kappa shape index (κ1) is 34.3. The van der Waals surface area contributed by atoms with Crippen molar-refractivity contribution in [3.8, 4) is 35.0 Å². The van der Waals surface area contributed by atoms with E-state index in [4.69, 9.17) is 9.47 Å². The average molecular weight is 595 g/mol. The van der Waals surface area contributed by atoms with E-state index >= 15 is 0 Å². The third kappa shape index (κ3) is 11.1. The zero-order valence-corrected chi connectivity index (χ0v) is 26.4. The Bertz CT molecular complexity index is 1370. The van der Waals surface area contributed by atoms with Crippen LogP contribution < -0.4 is 9.47 Å². The van der Waals surface area contributed by atoms with Gasteiger partial charge in [-0.3, -0.25) is 0 Å². The van der Waals surface area contributed by atoms with E-state index in [0.29, 0.717) is 23.7 Å². The Balaban J connectivity index is 1.53. The first-order valence-corrected chi connectivity index (χ1v) is 16.3. The van der Waals surface area contributed by atoms with Gasteiger partial charge in [0.1, 0.15) is 29.0 Å². The molecule has 0 bridgehead atoms. The highest BCUT2D eigenvalue weighted by molar-refractivity contribution is 5.92. The third-order valence-corrected chi connectivity index (χ3v) is 7.71. The van der Waals surface area contributed by atoms with E-state index in [0.717, 1.165) is 43.2 Å². The number of carbonyl (C=O) groups is 1. The van der Waals surface area contributed by atoms with Crippen molar-refractivity contribution in [2.45, 2.75) is 110 Å². The van der Waals surface area contributed by atoms with E-state index in [-0.39, 0.29) is 16.9 Å². The fourth-order valence-electron chi connectivity index (χ4n) is 5.07. The summed E-state index contributed by atoms with van der Waals surface area (Å²) in [5, 5.41) is 19.5. The molecular formula is C37H46N4O3. The number of nitriles is 2. The molecule has 1 aromatic heterocycles. The van der Waals surface area contributed by atoms with Gasteiger partial charge in [0.2, 0.25) is 0 Å². The highest BCUT2D eigenvalue weighted by atomic mass is 16.5. The molecule has 0 fully saturated rings. The Labute approximate surface area is 263 Å². The average Bonchev–Trinajstić information content (AvgIpc) is 3.06. The van der Waals surface area contributed by atoms with Gasteiger partial charge in [-0.1, -0.05) is 103 Å². The van der Waals surface area contributed by atoms with E-state index in [1.165, 1.54) is 70.3 Å². The van der Waals surface area contributed by atoms with Crippen LogP contribution in [0.25, 0.3) is 11.4 Å². The van der Waals surface area contributed by atoms with E-state index in [9.17, 15) is 15.3 Å². The number of rotatable bonds is 20. The van der Waals surface area contributed by atoms with Crippen molar-refractivity contribution in [3.63, 3.8) is 0 Å². The molecule has 7 nitrogen and oxygen atoms in total. The molecule has 0 amide bonds. The van der Waals surface area contributed by atoms with Crippen LogP contribution in [0.2, 0.25) is 0 Å². The number of ether oxygens (including phenoxy) is 2. The van der Waals surface area contributed by atoms with Crippen molar-refractivity contribution in [2.75, 3.05) is 6.61 Å². The number of nitrogens with zero attached hydrogens (tertiary/aromatic N) is 4. The summed E-state index contributed by atoms with van der Waals surface area (Å²) in [6.07, 6.45) is 21.7. The van der Waals surface area contributed by atoms with Crippen molar-refractivity contribution in [1.82, 2.24) is 9.97 Å². The van der Waals surface area contributed by atoms with Crippen molar-refractivity contribution in [3.05, 3.63) is 71.0 Å². The van der Waals surface area contributed by atoms with Gasteiger partial charge in [-0.25, -0.2) is 14.8 Å². The van der Waals surface area contributed by atoms with Crippen LogP contribution in [0.4, 0.5) is 0 Å².